The van der Waals surface area contributed by atoms with Crippen LogP contribution in [0.25, 0.3) is 0 Å². The van der Waals surface area contributed by atoms with Crippen molar-refractivity contribution in [2.45, 2.75) is 84.5 Å². The van der Waals surface area contributed by atoms with Gasteiger partial charge in [0, 0.05) is 0 Å². The molecule has 0 heteroatoms. The molecule has 0 saturated carbocycles. The van der Waals surface area contributed by atoms with E-state index >= 15 is 0 Å². The third-order valence-electron chi connectivity index (χ3n) is 3.04. The first-order chi connectivity index (χ1) is 8.41. The number of hydrogen-bond donors (Lipinski definition) is 0. The molecule has 0 bridgehead atoms. The fourth-order valence-electron chi connectivity index (χ4n) is 1.93. The quantitative estimate of drug-likeness (QED) is 0.270. The summed E-state index contributed by atoms with van der Waals surface area (Å²) in [6, 6.07) is 0. The Morgan fingerprint density at radius 1 is 0.529 bits per heavy atom. The van der Waals surface area contributed by atoms with E-state index in [0.717, 1.165) is 0 Å². The molecule has 0 aromatic heterocycles. The molecule has 0 heterocycles. The predicted molar refractivity (Wildman–Crippen MR) is 80.4 cm³/mol. The zero-order valence-electron chi connectivity index (χ0n) is 12.1. The molecule has 0 N–H and O–H groups in total. The molecule has 100 valence electrons. The Morgan fingerprint density at radius 2 is 1.06 bits per heavy atom. The molecule has 0 aromatic carbocycles. The van der Waals surface area contributed by atoms with Crippen LogP contribution < -0.4 is 0 Å². The number of hydrogen-bond acceptors (Lipinski definition) is 0. The summed E-state index contributed by atoms with van der Waals surface area (Å²) in [7, 11) is 0. The lowest BCUT2D eigenvalue weighted by atomic mass is 10.1. The minimum Gasteiger partial charge on any atom is -0.0888 e. The first-order valence-electron chi connectivity index (χ1n) is 7.71. The molecule has 0 fully saturated rings. The average molecular weight is 236 g/mol. The van der Waals surface area contributed by atoms with Crippen molar-refractivity contribution in [2.24, 2.45) is 0 Å². The minimum atomic E-state index is 1.17. The maximum atomic E-state index is 2.37. The average Bonchev–Trinajstić information content (AvgIpc) is 2.35. The first kappa shape index (κ1) is 16.5. The van der Waals surface area contributed by atoms with Gasteiger partial charge in [-0.3, -0.25) is 0 Å². The summed E-state index contributed by atoms with van der Waals surface area (Å²) in [6.07, 6.45) is 24.0. The van der Waals surface area contributed by atoms with E-state index in [1.54, 1.807) is 0 Å². The highest BCUT2D eigenvalue weighted by Crippen LogP contribution is 2.08. The highest BCUT2D eigenvalue weighted by atomic mass is 13.9. The third kappa shape index (κ3) is 15.5. The van der Waals surface area contributed by atoms with Crippen molar-refractivity contribution in [3.05, 3.63) is 24.3 Å². The van der Waals surface area contributed by atoms with E-state index in [2.05, 4.69) is 38.2 Å². The van der Waals surface area contributed by atoms with Gasteiger partial charge < -0.3 is 0 Å². The molecule has 0 aromatic rings. The second-order valence-electron chi connectivity index (χ2n) is 4.84. The van der Waals surface area contributed by atoms with Crippen molar-refractivity contribution in [2.75, 3.05) is 0 Å². The normalized spacial score (nSPS) is 11.9. The lowest BCUT2D eigenvalue weighted by Crippen LogP contribution is -1.78. The third-order valence-corrected chi connectivity index (χ3v) is 3.04. The van der Waals surface area contributed by atoms with Crippen LogP contribution in [0.15, 0.2) is 24.3 Å². The maximum Gasteiger partial charge on any atom is -0.0316 e. The van der Waals surface area contributed by atoms with Gasteiger partial charge in [-0.05, 0) is 32.1 Å². The van der Waals surface area contributed by atoms with E-state index in [4.69, 9.17) is 0 Å². The summed E-state index contributed by atoms with van der Waals surface area (Å²) in [6.45, 7) is 4.47. The van der Waals surface area contributed by atoms with Gasteiger partial charge in [-0.15, -0.1) is 0 Å². The largest absolute Gasteiger partial charge is 0.0888 e. The van der Waals surface area contributed by atoms with Crippen LogP contribution in [0.5, 0.6) is 0 Å². The Kier molecular flexibility index (Phi) is 15.0. The van der Waals surface area contributed by atoms with Crippen molar-refractivity contribution in [1.82, 2.24) is 0 Å². The molecule has 17 heavy (non-hydrogen) atoms. The zero-order valence-corrected chi connectivity index (χ0v) is 12.1. The van der Waals surface area contributed by atoms with Crippen LogP contribution in [0.1, 0.15) is 84.5 Å². The molecule has 0 rings (SSSR count). The molecule has 0 spiro atoms. The lowest BCUT2D eigenvalue weighted by Gasteiger charge is -1.98. The summed E-state index contributed by atoms with van der Waals surface area (Å²) >= 11 is 0. The second-order valence-corrected chi connectivity index (χ2v) is 4.84. The van der Waals surface area contributed by atoms with Crippen LogP contribution in [0.2, 0.25) is 0 Å². The van der Waals surface area contributed by atoms with Gasteiger partial charge in [-0.2, -0.15) is 0 Å². The molecule has 0 aliphatic heterocycles. The van der Waals surface area contributed by atoms with Gasteiger partial charge in [-0.1, -0.05) is 76.7 Å². The molecular formula is C17H32. The van der Waals surface area contributed by atoms with Crippen molar-refractivity contribution in [3.8, 4) is 0 Å². The minimum absolute atomic E-state index is 1.17. The molecule has 0 radical (unpaired) electrons. The predicted octanol–water partition coefficient (Wildman–Crippen LogP) is 6.43. The smallest absolute Gasteiger partial charge is 0.0316 e. The van der Waals surface area contributed by atoms with Crippen molar-refractivity contribution in [1.29, 1.82) is 0 Å². The summed E-state index contributed by atoms with van der Waals surface area (Å²) in [5.74, 6) is 0. The van der Waals surface area contributed by atoms with Crippen LogP contribution in [-0.2, 0) is 0 Å². The van der Waals surface area contributed by atoms with E-state index in [1.807, 2.05) is 0 Å². The SMILES string of the molecule is CC/C=C/CC/C=C/CCCCCCCCC. The maximum absolute atomic E-state index is 2.37. The molecule has 0 aliphatic carbocycles. The van der Waals surface area contributed by atoms with Gasteiger partial charge in [0.2, 0.25) is 0 Å². The second kappa shape index (κ2) is 15.5. The van der Waals surface area contributed by atoms with Crippen LogP contribution in [0.3, 0.4) is 0 Å². The van der Waals surface area contributed by atoms with E-state index in [0.29, 0.717) is 0 Å². The van der Waals surface area contributed by atoms with Gasteiger partial charge in [0.05, 0.1) is 0 Å². The van der Waals surface area contributed by atoms with Crippen molar-refractivity contribution < 1.29 is 0 Å². The van der Waals surface area contributed by atoms with E-state index in [-0.39, 0.29) is 0 Å². The Morgan fingerprint density at radius 3 is 1.71 bits per heavy atom. The molecule has 0 unspecified atom stereocenters. The molecule has 0 saturated heterocycles. The zero-order chi connectivity index (χ0) is 12.6. The molecule has 0 aliphatic rings. The van der Waals surface area contributed by atoms with E-state index in [1.165, 1.54) is 70.6 Å². The van der Waals surface area contributed by atoms with Gasteiger partial charge in [0.15, 0.2) is 0 Å². The Bertz CT molecular complexity index is 176. The lowest BCUT2D eigenvalue weighted by molar-refractivity contribution is 0.592. The van der Waals surface area contributed by atoms with Gasteiger partial charge in [0.1, 0.15) is 0 Å². The standard InChI is InChI=1S/C17H32/c1-3-5-7-9-11-13-15-17-16-14-12-10-8-6-4-2/h5,7,13,15H,3-4,6,8-12,14,16-17H2,1-2H3/b7-5+,15-13+. The van der Waals surface area contributed by atoms with Gasteiger partial charge >= 0.3 is 0 Å². The Hall–Kier alpha value is -0.520. The number of rotatable bonds is 12. The van der Waals surface area contributed by atoms with Crippen molar-refractivity contribution in [3.63, 3.8) is 0 Å². The van der Waals surface area contributed by atoms with E-state index in [9.17, 15) is 0 Å². The molecule has 0 amide bonds. The Balaban J connectivity index is 3.06. The number of unbranched alkanes of at least 4 members (excludes halogenated alkanes) is 8. The monoisotopic (exact) mass is 236 g/mol. The van der Waals surface area contributed by atoms with Crippen LogP contribution >= 0.6 is 0 Å². The fraction of sp³-hybridized carbons (Fsp3) is 0.765. The van der Waals surface area contributed by atoms with Crippen LogP contribution in [0, 0.1) is 0 Å². The topological polar surface area (TPSA) is 0 Å². The Labute approximate surface area is 109 Å². The molecule has 0 atom stereocenters. The first-order valence-corrected chi connectivity index (χ1v) is 7.71. The van der Waals surface area contributed by atoms with Crippen LogP contribution in [-0.4, -0.2) is 0 Å². The van der Waals surface area contributed by atoms with Gasteiger partial charge in [0.25, 0.3) is 0 Å². The fourth-order valence-corrected chi connectivity index (χ4v) is 1.93. The summed E-state index contributed by atoms with van der Waals surface area (Å²) in [5.41, 5.74) is 0. The highest BCUT2D eigenvalue weighted by molar-refractivity contribution is 4.87. The van der Waals surface area contributed by atoms with Gasteiger partial charge in [-0.25, -0.2) is 0 Å². The summed E-state index contributed by atoms with van der Waals surface area (Å²) < 4.78 is 0. The highest BCUT2D eigenvalue weighted by Gasteiger charge is 1.89. The molecular weight excluding hydrogens is 204 g/mol. The molecule has 0 nitrogen and oxygen atoms in total. The van der Waals surface area contributed by atoms with E-state index < -0.39 is 0 Å². The number of allylic oxidation sites excluding steroid dienone is 4. The van der Waals surface area contributed by atoms with Crippen molar-refractivity contribution >= 4 is 0 Å². The van der Waals surface area contributed by atoms with Crippen LogP contribution in [0.4, 0.5) is 0 Å². The summed E-state index contributed by atoms with van der Waals surface area (Å²) in [5, 5.41) is 0. The summed E-state index contributed by atoms with van der Waals surface area (Å²) in [4.78, 5) is 0.